The summed E-state index contributed by atoms with van der Waals surface area (Å²) in [5.41, 5.74) is 5.03. The molecule has 0 aromatic rings. The fourth-order valence-electron chi connectivity index (χ4n) is 0.852. The van der Waals surface area contributed by atoms with E-state index >= 15 is 0 Å². The number of thioether (sulfide) groups is 1. The molecule has 0 saturated carbocycles. The second-order valence-electron chi connectivity index (χ2n) is 4.40. The topological polar surface area (TPSA) is 52.3 Å². The van der Waals surface area contributed by atoms with E-state index < -0.39 is 5.54 Å². The number of esters is 1. The van der Waals surface area contributed by atoms with Crippen LogP contribution in [0.3, 0.4) is 0 Å². The zero-order valence-electron chi connectivity index (χ0n) is 10.4. The molecular weight excluding hydrogens is 210 g/mol. The van der Waals surface area contributed by atoms with Crippen LogP contribution in [0.1, 0.15) is 34.6 Å². The third kappa shape index (κ3) is 5.42. The third-order valence-corrected chi connectivity index (χ3v) is 4.16. The number of carbonyl (C=O) groups excluding carboxylic acids is 1. The molecule has 0 aromatic carbocycles. The summed E-state index contributed by atoms with van der Waals surface area (Å²) in [6.45, 7) is 10.4. The van der Waals surface area contributed by atoms with Crippen molar-refractivity contribution >= 4 is 17.7 Å². The van der Waals surface area contributed by atoms with E-state index in [2.05, 4.69) is 20.8 Å². The van der Waals surface area contributed by atoms with Gasteiger partial charge in [0, 0.05) is 11.0 Å². The first-order valence-electron chi connectivity index (χ1n) is 5.39. The van der Waals surface area contributed by atoms with Gasteiger partial charge in [0.1, 0.15) is 5.54 Å². The van der Waals surface area contributed by atoms with Crippen LogP contribution in [0.2, 0.25) is 0 Å². The molecule has 0 saturated heterocycles. The average molecular weight is 233 g/mol. The Morgan fingerprint density at radius 2 is 2.00 bits per heavy atom. The number of nitrogens with two attached hydrogens (primary N) is 1. The van der Waals surface area contributed by atoms with Gasteiger partial charge in [0.2, 0.25) is 0 Å². The molecule has 90 valence electrons. The maximum atomic E-state index is 11.5. The Bertz CT molecular complexity index is 205. The van der Waals surface area contributed by atoms with Gasteiger partial charge in [0.25, 0.3) is 0 Å². The van der Waals surface area contributed by atoms with Crippen molar-refractivity contribution in [3.05, 3.63) is 0 Å². The van der Waals surface area contributed by atoms with Crippen LogP contribution in [0.15, 0.2) is 0 Å². The van der Waals surface area contributed by atoms with Crippen LogP contribution in [-0.4, -0.2) is 29.1 Å². The largest absolute Gasteiger partial charge is 0.465 e. The minimum atomic E-state index is -0.871. The van der Waals surface area contributed by atoms with Gasteiger partial charge in [-0.3, -0.25) is 4.79 Å². The monoisotopic (exact) mass is 233 g/mol. The molecule has 0 aromatic heterocycles. The van der Waals surface area contributed by atoms with Gasteiger partial charge in [-0.15, -0.1) is 0 Å². The molecule has 4 heteroatoms. The first kappa shape index (κ1) is 14.8. The Morgan fingerprint density at radius 1 is 1.47 bits per heavy atom. The van der Waals surface area contributed by atoms with Crippen LogP contribution in [0, 0.1) is 5.92 Å². The molecule has 0 radical (unpaired) electrons. The Morgan fingerprint density at radius 3 is 2.40 bits per heavy atom. The predicted octanol–water partition coefficient (Wildman–Crippen LogP) is 2.04. The standard InChI is InChI=1S/C11H23NO2S/c1-6-14-10(13)11(5,12)7-15-9(4)8(2)3/h8-9H,6-7,12H2,1-5H3. The van der Waals surface area contributed by atoms with Crippen molar-refractivity contribution in [1.82, 2.24) is 0 Å². The Balaban J connectivity index is 4.08. The van der Waals surface area contributed by atoms with E-state index in [9.17, 15) is 4.79 Å². The Labute approximate surface area is 97.1 Å². The Hall–Kier alpha value is -0.220. The van der Waals surface area contributed by atoms with Crippen LogP contribution >= 0.6 is 11.8 Å². The Kier molecular flexibility index (Phi) is 6.29. The number of carbonyl (C=O) groups is 1. The molecule has 0 bridgehead atoms. The molecule has 0 heterocycles. The van der Waals surface area contributed by atoms with Gasteiger partial charge >= 0.3 is 5.97 Å². The molecule has 2 unspecified atom stereocenters. The van der Waals surface area contributed by atoms with Crippen molar-refractivity contribution in [1.29, 1.82) is 0 Å². The fraction of sp³-hybridized carbons (Fsp3) is 0.909. The summed E-state index contributed by atoms with van der Waals surface area (Å²) < 4.78 is 4.92. The minimum Gasteiger partial charge on any atom is -0.465 e. The molecule has 0 aliphatic carbocycles. The SMILES string of the molecule is CCOC(=O)C(C)(N)CSC(C)C(C)C. The van der Waals surface area contributed by atoms with Crippen LogP contribution in [-0.2, 0) is 9.53 Å². The molecule has 2 atom stereocenters. The van der Waals surface area contributed by atoms with Crippen molar-refractivity contribution < 1.29 is 9.53 Å². The predicted molar refractivity (Wildman–Crippen MR) is 66.0 cm³/mol. The molecule has 3 nitrogen and oxygen atoms in total. The average Bonchev–Trinajstić information content (AvgIpc) is 2.14. The lowest BCUT2D eigenvalue weighted by Crippen LogP contribution is -2.48. The number of hydrogen-bond acceptors (Lipinski definition) is 4. The summed E-state index contributed by atoms with van der Waals surface area (Å²) in [6.07, 6.45) is 0. The third-order valence-electron chi connectivity index (χ3n) is 2.33. The van der Waals surface area contributed by atoms with Gasteiger partial charge in [0.15, 0.2) is 0 Å². The lowest BCUT2D eigenvalue weighted by molar-refractivity contribution is -0.148. The summed E-state index contributed by atoms with van der Waals surface area (Å²) in [6, 6.07) is 0. The molecule has 0 aliphatic heterocycles. The van der Waals surface area contributed by atoms with Gasteiger partial charge in [-0.2, -0.15) is 11.8 Å². The van der Waals surface area contributed by atoms with Crippen molar-refractivity contribution in [2.45, 2.75) is 45.4 Å². The van der Waals surface area contributed by atoms with Crippen molar-refractivity contribution in [2.75, 3.05) is 12.4 Å². The van der Waals surface area contributed by atoms with E-state index in [1.807, 2.05) is 0 Å². The molecule has 0 rings (SSSR count). The van der Waals surface area contributed by atoms with Crippen LogP contribution in [0.4, 0.5) is 0 Å². The first-order valence-corrected chi connectivity index (χ1v) is 6.43. The van der Waals surface area contributed by atoms with E-state index in [0.717, 1.165) is 0 Å². The zero-order valence-corrected chi connectivity index (χ0v) is 11.2. The first-order chi connectivity index (χ1) is 6.81. The van der Waals surface area contributed by atoms with Crippen molar-refractivity contribution in [3.63, 3.8) is 0 Å². The van der Waals surface area contributed by atoms with Gasteiger partial charge in [-0.25, -0.2) is 0 Å². The summed E-state index contributed by atoms with van der Waals surface area (Å²) in [4.78, 5) is 11.5. The van der Waals surface area contributed by atoms with Crippen LogP contribution in [0.5, 0.6) is 0 Å². The highest BCUT2D eigenvalue weighted by atomic mass is 32.2. The van der Waals surface area contributed by atoms with Gasteiger partial charge in [-0.1, -0.05) is 20.8 Å². The van der Waals surface area contributed by atoms with Crippen molar-refractivity contribution in [2.24, 2.45) is 11.7 Å². The maximum Gasteiger partial charge on any atom is 0.326 e. The van der Waals surface area contributed by atoms with Gasteiger partial charge < -0.3 is 10.5 Å². The highest BCUT2D eigenvalue weighted by Crippen LogP contribution is 2.22. The zero-order chi connectivity index (χ0) is 12.1. The number of ether oxygens (including phenoxy) is 1. The lowest BCUT2D eigenvalue weighted by Gasteiger charge is -2.24. The quantitative estimate of drug-likeness (QED) is 0.713. The lowest BCUT2D eigenvalue weighted by atomic mass is 10.1. The molecule has 15 heavy (non-hydrogen) atoms. The summed E-state index contributed by atoms with van der Waals surface area (Å²) in [7, 11) is 0. The molecule has 0 spiro atoms. The van der Waals surface area contributed by atoms with Crippen molar-refractivity contribution in [3.8, 4) is 0 Å². The van der Waals surface area contributed by atoms with E-state index in [0.29, 0.717) is 23.5 Å². The maximum absolute atomic E-state index is 11.5. The molecule has 0 fully saturated rings. The molecular formula is C11H23NO2S. The number of rotatable bonds is 6. The fourth-order valence-corrected chi connectivity index (χ4v) is 1.96. The minimum absolute atomic E-state index is 0.312. The molecule has 0 aliphatic rings. The smallest absolute Gasteiger partial charge is 0.326 e. The summed E-state index contributed by atoms with van der Waals surface area (Å²) >= 11 is 1.72. The van der Waals surface area contributed by atoms with Gasteiger partial charge in [-0.05, 0) is 19.8 Å². The normalized spacial score (nSPS) is 17.3. The van der Waals surface area contributed by atoms with E-state index in [1.165, 1.54) is 0 Å². The van der Waals surface area contributed by atoms with Gasteiger partial charge in [0.05, 0.1) is 6.61 Å². The van der Waals surface area contributed by atoms with E-state index in [1.54, 1.807) is 25.6 Å². The summed E-state index contributed by atoms with van der Waals surface area (Å²) in [5, 5.41) is 0.502. The highest BCUT2D eigenvalue weighted by Gasteiger charge is 2.30. The second-order valence-corrected chi connectivity index (χ2v) is 5.76. The molecule has 0 amide bonds. The second kappa shape index (κ2) is 6.38. The van der Waals surface area contributed by atoms with Crippen LogP contribution in [0.25, 0.3) is 0 Å². The van der Waals surface area contributed by atoms with E-state index in [4.69, 9.17) is 10.5 Å². The molecule has 2 N–H and O–H groups in total. The number of hydrogen-bond donors (Lipinski definition) is 1. The van der Waals surface area contributed by atoms with E-state index in [-0.39, 0.29) is 5.97 Å². The highest BCUT2D eigenvalue weighted by molar-refractivity contribution is 8.00. The summed E-state index contributed by atoms with van der Waals surface area (Å²) in [5.74, 6) is 0.881. The van der Waals surface area contributed by atoms with Crippen LogP contribution < -0.4 is 5.73 Å².